The van der Waals surface area contributed by atoms with Gasteiger partial charge in [-0.2, -0.15) is 0 Å². The molecule has 6 atom stereocenters. The van der Waals surface area contributed by atoms with E-state index in [1.807, 2.05) is 0 Å². The van der Waals surface area contributed by atoms with Gasteiger partial charge in [0.1, 0.15) is 18.8 Å². The molecule has 2 N–H and O–H groups in total. The van der Waals surface area contributed by atoms with Crippen LogP contribution >= 0.6 is 11.6 Å². The number of esters is 4. The van der Waals surface area contributed by atoms with Crippen molar-refractivity contribution >= 4 is 47.4 Å². The van der Waals surface area contributed by atoms with Crippen LogP contribution in [0.5, 0.6) is 0 Å². The van der Waals surface area contributed by atoms with Gasteiger partial charge in [-0.1, -0.05) is 11.6 Å². The maximum absolute atomic E-state index is 12.1. The van der Waals surface area contributed by atoms with Crippen molar-refractivity contribution in [3.8, 4) is 0 Å². The molecule has 1 rings (SSSR count). The molecular formula is C19H26ClNO12. The van der Waals surface area contributed by atoms with Gasteiger partial charge in [-0.3, -0.25) is 24.0 Å². The fourth-order valence-corrected chi connectivity index (χ4v) is 3.44. The second kappa shape index (κ2) is 11.8. The van der Waals surface area contributed by atoms with Crippen molar-refractivity contribution in [3.63, 3.8) is 0 Å². The summed E-state index contributed by atoms with van der Waals surface area (Å²) in [7, 11) is 0. The Kier molecular flexibility index (Phi) is 9.41. The molecule has 0 radical (unpaired) electrons. The zero-order valence-electron chi connectivity index (χ0n) is 19.3. The summed E-state index contributed by atoms with van der Waals surface area (Å²) in [5.41, 5.74) is 0. The van der Waals surface area contributed by atoms with E-state index in [-0.39, 0.29) is 0 Å². The molecule has 0 saturated carbocycles. The van der Waals surface area contributed by atoms with Gasteiger partial charge in [-0.05, 0) is 0 Å². The number of amides is 1. The monoisotopic (exact) mass is 496 g/mol. The van der Waals surface area contributed by atoms with E-state index in [1.54, 1.807) is 0 Å². The fraction of sp³-hybridized carbons (Fsp3) is 0.684. The minimum absolute atomic E-state index is 0.641. The third-order valence-electron chi connectivity index (χ3n) is 4.27. The van der Waals surface area contributed by atoms with Crippen LogP contribution in [0, 0.1) is 0 Å². The molecule has 0 aromatic heterocycles. The third-order valence-corrected chi connectivity index (χ3v) is 4.67. The first-order valence-corrected chi connectivity index (χ1v) is 9.91. The molecule has 1 unspecified atom stereocenters. The molecule has 1 aliphatic rings. The van der Waals surface area contributed by atoms with Gasteiger partial charge in [0.15, 0.2) is 12.2 Å². The normalized spacial score (nSPS) is 26.6. The Hall–Kier alpha value is -2.93. The first-order valence-electron chi connectivity index (χ1n) is 10.2. The minimum atomic E-state index is -2.52. The van der Waals surface area contributed by atoms with E-state index in [0.717, 1.165) is 27.7 Å². The van der Waals surface area contributed by atoms with Crippen molar-refractivity contribution in [3.05, 3.63) is 0 Å². The predicted molar refractivity (Wildman–Crippen MR) is 107 cm³/mol. The van der Waals surface area contributed by atoms with E-state index in [2.05, 4.69) is 5.32 Å². The number of aliphatic carboxylic acids is 1. The quantitative estimate of drug-likeness (QED) is 0.241. The molecule has 0 spiro atoms. The van der Waals surface area contributed by atoms with Crippen LogP contribution in [-0.2, 0) is 52.5 Å². The maximum Gasteiger partial charge on any atom is 0.352 e. The lowest BCUT2D eigenvalue weighted by Crippen LogP contribution is -2.67. The van der Waals surface area contributed by atoms with Gasteiger partial charge in [0.25, 0.3) is 0 Å². The largest absolute Gasteiger partial charge is 0.478 e. The van der Waals surface area contributed by atoms with Crippen molar-refractivity contribution < 1.29 is 58.9 Å². The van der Waals surface area contributed by atoms with Crippen molar-refractivity contribution in [2.24, 2.45) is 0 Å². The second-order valence-corrected chi connectivity index (χ2v) is 7.70. The van der Waals surface area contributed by atoms with Gasteiger partial charge in [-0.15, -0.1) is 0 Å². The Balaban J connectivity index is 3.63. The molecule has 186 valence electrons. The maximum atomic E-state index is 12.1. The van der Waals surface area contributed by atoms with E-state index in [1.165, 1.54) is 0 Å². The number of halogens is 1. The Labute approximate surface area is 195 Å². The molecule has 1 amide bonds. The summed E-state index contributed by atoms with van der Waals surface area (Å²) in [6.07, 6.45) is -7.02. The highest BCUT2D eigenvalue weighted by atomic mass is 35.5. The van der Waals surface area contributed by atoms with Gasteiger partial charge in [0.05, 0.1) is 6.04 Å². The first kappa shape index (κ1) is 26.3. The van der Waals surface area contributed by atoms with Crippen LogP contribution in [0.15, 0.2) is 0 Å². The van der Waals surface area contributed by atoms with E-state index in [9.17, 15) is 33.9 Å². The van der Waals surface area contributed by atoms with E-state index < -0.39 is 91.2 Å². The van der Waals surface area contributed by atoms with E-state index in [4.69, 9.17) is 36.7 Å². The molecule has 0 aromatic carbocycles. The molecule has 14 heteroatoms. The SMILES string of the molecule is [2H]CC(=O)N[C@H]1[C@H]([C@H](OC(C)=O)[C@@H](COC(C)=O)OC(C)=O)OC(Cl)(C(=O)O)C[C@@H]1OC(C)=O. The lowest BCUT2D eigenvalue weighted by atomic mass is 9.89. The average molecular weight is 497 g/mol. The number of ether oxygens (including phenoxy) is 5. The molecule has 0 bridgehead atoms. The van der Waals surface area contributed by atoms with Crippen molar-refractivity contribution in [1.82, 2.24) is 5.32 Å². The number of nitrogens with one attached hydrogen (secondary N) is 1. The first-order chi connectivity index (χ1) is 15.7. The summed E-state index contributed by atoms with van der Waals surface area (Å²) in [6.45, 7) is 2.67. The lowest BCUT2D eigenvalue weighted by Gasteiger charge is -2.46. The molecule has 1 saturated heterocycles. The van der Waals surface area contributed by atoms with E-state index >= 15 is 0 Å². The van der Waals surface area contributed by atoms with Crippen LogP contribution in [0.2, 0.25) is 0 Å². The van der Waals surface area contributed by atoms with Gasteiger partial charge in [0, 0.05) is 42.4 Å². The summed E-state index contributed by atoms with van der Waals surface area (Å²) < 4.78 is 33.2. The zero-order chi connectivity index (χ0) is 26.2. The predicted octanol–water partition coefficient (Wildman–Crippen LogP) is -0.342. The number of carboxylic acid groups (broad SMARTS) is 1. The molecular weight excluding hydrogens is 470 g/mol. The summed E-state index contributed by atoms with van der Waals surface area (Å²) in [4.78, 5) is 70.5. The highest BCUT2D eigenvalue weighted by Gasteiger charge is 2.57. The molecule has 1 heterocycles. The van der Waals surface area contributed by atoms with Crippen LogP contribution in [-0.4, -0.2) is 83.0 Å². The van der Waals surface area contributed by atoms with Gasteiger partial charge < -0.3 is 34.1 Å². The van der Waals surface area contributed by atoms with Gasteiger partial charge >= 0.3 is 29.8 Å². The molecule has 0 aromatic rings. The second-order valence-electron chi connectivity index (χ2n) is 7.09. The number of hydrogen-bond acceptors (Lipinski definition) is 11. The summed E-state index contributed by atoms with van der Waals surface area (Å²) in [6, 6.07) is -1.41. The smallest absolute Gasteiger partial charge is 0.352 e. The number of carbonyl (C=O) groups excluding carboxylic acids is 5. The van der Waals surface area contributed by atoms with E-state index in [0.29, 0.717) is 0 Å². The highest BCUT2D eigenvalue weighted by molar-refractivity contribution is 6.32. The number of carboxylic acids is 1. The summed E-state index contributed by atoms with van der Waals surface area (Å²) >= 11 is 6.14. The highest BCUT2D eigenvalue weighted by Crippen LogP contribution is 2.37. The number of alkyl halides is 1. The topological polar surface area (TPSA) is 181 Å². The Morgan fingerprint density at radius 2 is 1.70 bits per heavy atom. The molecule has 1 fully saturated rings. The standard InChI is InChI=1S/C19H26ClNO12/c1-8(22)21-15-13(30-10(3)24)6-19(20,18(27)28)33-17(15)16(32-12(5)26)14(31-11(4)25)7-29-9(2)23/h13-17H,6-7H2,1-5H3,(H,21,22)(H,27,28)/t13-,14+,15+,16+,17+,19?/m0/s1/i1D. The molecule has 0 aliphatic carbocycles. The van der Waals surface area contributed by atoms with Crippen LogP contribution in [0.3, 0.4) is 0 Å². The molecule has 13 nitrogen and oxygen atoms in total. The average Bonchev–Trinajstić information content (AvgIpc) is 2.70. The van der Waals surface area contributed by atoms with Crippen LogP contribution < -0.4 is 5.32 Å². The summed E-state index contributed by atoms with van der Waals surface area (Å²) in [5.74, 6) is -6.03. The van der Waals surface area contributed by atoms with Crippen LogP contribution in [0.25, 0.3) is 0 Å². The third kappa shape index (κ3) is 8.50. The van der Waals surface area contributed by atoms with Crippen LogP contribution in [0.1, 0.15) is 42.4 Å². The van der Waals surface area contributed by atoms with Crippen LogP contribution in [0.4, 0.5) is 0 Å². The number of hydrogen-bond donors (Lipinski definition) is 2. The fourth-order valence-electron chi connectivity index (χ4n) is 3.19. The van der Waals surface area contributed by atoms with Gasteiger partial charge in [0.2, 0.25) is 11.0 Å². The van der Waals surface area contributed by atoms with Gasteiger partial charge in [-0.25, -0.2) is 4.79 Å². The number of rotatable bonds is 9. The van der Waals surface area contributed by atoms with Crippen molar-refractivity contribution in [1.29, 1.82) is 0 Å². The minimum Gasteiger partial charge on any atom is -0.478 e. The molecule has 33 heavy (non-hydrogen) atoms. The number of carbonyl (C=O) groups is 6. The van der Waals surface area contributed by atoms with Crippen molar-refractivity contribution in [2.45, 2.75) is 76.5 Å². The Morgan fingerprint density at radius 3 is 2.15 bits per heavy atom. The zero-order valence-corrected chi connectivity index (χ0v) is 19.1. The van der Waals surface area contributed by atoms with Crippen molar-refractivity contribution in [2.75, 3.05) is 6.61 Å². The lowest BCUT2D eigenvalue weighted by molar-refractivity contribution is -0.224. The summed E-state index contributed by atoms with van der Waals surface area (Å²) in [5, 5.41) is 9.47. The molecule has 1 aliphatic heterocycles. The Bertz CT molecular complexity index is 823. The Morgan fingerprint density at radius 1 is 1.09 bits per heavy atom.